The number of nitrogens with zero attached hydrogens (tertiary/aromatic N) is 2. The number of aromatic nitrogens is 2. The van der Waals surface area contributed by atoms with Gasteiger partial charge in [0.05, 0.1) is 0 Å². The van der Waals surface area contributed by atoms with Crippen LogP contribution in [0.1, 0.15) is 26.2 Å². The number of thioether (sulfide) groups is 1. The van der Waals surface area contributed by atoms with Crippen LogP contribution in [0, 0.1) is 0 Å². The minimum atomic E-state index is 0.220. The highest BCUT2D eigenvalue weighted by Gasteiger charge is 2.24. The van der Waals surface area contributed by atoms with E-state index in [1.165, 1.54) is 25.0 Å². The van der Waals surface area contributed by atoms with Crippen molar-refractivity contribution >= 4 is 35.1 Å². The number of rotatable bonds is 4. The molecule has 1 aliphatic carbocycles. The third kappa shape index (κ3) is 3.64. The third-order valence-electron chi connectivity index (χ3n) is 2.85. The van der Waals surface area contributed by atoms with Crippen molar-refractivity contribution in [3.63, 3.8) is 0 Å². The zero-order chi connectivity index (χ0) is 12.3. The van der Waals surface area contributed by atoms with E-state index in [9.17, 15) is 0 Å². The first-order valence-corrected chi connectivity index (χ1v) is 7.28. The molecule has 1 aromatic rings. The highest BCUT2D eigenvalue weighted by molar-refractivity contribution is 7.99. The Hall–Kier alpha value is -0.680. The van der Waals surface area contributed by atoms with Crippen molar-refractivity contribution in [3.05, 3.63) is 11.2 Å². The Labute approximate surface area is 111 Å². The summed E-state index contributed by atoms with van der Waals surface area (Å²) in [6.45, 7) is 2.20. The SMILES string of the molecule is CCSC1CCC(Nc2cc(Cl)nc(N)n2)C1. The molecule has 3 N–H and O–H groups in total. The van der Waals surface area contributed by atoms with E-state index in [1.54, 1.807) is 6.07 Å². The van der Waals surface area contributed by atoms with Crippen molar-refractivity contribution in [1.29, 1.82) is 0 Å². The Kier molecular flexibility index (Phi) is 4.34. The van der Waals surface area contributed by atoms with Crippen molar-refractivity contribution in [2.24, 2.45) is 0 Å². The summed E-state index contributed by atoms with van der Waals surface area (Å²) in [6.07, 6.45) is 3.63. The molecule has 2 atom stereocenters. The monoisotopic (exact) mass is 272 g/mol. The van der Waals surface area contributed by atoms with Crippen LogP contribution in [0.25, 0.3) is 0 Å². The van der Waals surface area contributed by atoms with Gasteiger partial charge in [-0.1, -0.05) is 18.5 Å². The molecule has 17 heavy (non-hydrogen) atoms. The van der Waals surface area contributed by atoms with Crippen molar-refractivity contribution in [3.8, 4) is 0 Å². The first-order valence-electron chi connectivity index (χ1n) is 5.85. The molecule has 2 rings (SSSR count). The zero-order valence-electron chi connectivity index (χ0n) is 9.82. The van der Waals surface area contributed by atoms with Gasteiger partial charge in [0.15, 0.2) is 0 Å². The van der Waals surface area contributed by atoms with Gasteiger partial charge in [-0.3, -0.25) is 0 Å². The van der Waals surface area contributed by atoms with Gasteiger partial charge in [0, 0.05) is 17.4 Å². The lowest BCUT2D eigenvalue weighted by atomic mass is 10.2. The number of nitrogens with one attached hydrogen (secondary N) is 1. The summed E-state index contributed by atoms with van der Waals surface area (Å²) in [7, 11) is 0. The zero-order valence-corrected chi connectivity index (χ0v) is 11.4. The van der Waals surface area contributed by atoms with Crippen molar-refractivity contribution < 1.29 is 0 Å². The highest BCUT2D eigenvalue weighted by Crippen LogP contribution is 2.31. The van der Waals surface area contributed by atoms with E-state index in [4.69, 9.17) is 17.3 Å². The maximum atomic E-state index is 5.84. The lowest BCUT2D eigenvalue weighted by molar-refractivity contribution is 0.751. The first kappa shape index (κ1) is 12.8. The molecule has 0 aliphatic heterocycles. The van der Waals surface area contributed by atoms with Crippen molar-refractivity contribution in [1.82, 2.24) is 9.97 Å². The van der Waals surface area contributed by atoms with Gasteiger partial charge in [-0.2, -0.15) is 16.7 Å². The molecular formula is C11H17ClN4S. The Bertz CT molecular complexity index is 367. The Balaban J connectivity index is 1.93. The summed E-state index contributed by atoms with van der Waals surface area (Å²) < 4.78 is 0. The van der Waals surface area contributed by atoms with Gasteiger partial charge in [0.25, 0.3) is 0 Å². The summed E-state index contributed by atoms with van der Waals surface area (Å²) in [5.74, 6) is 2.14. The van der Waals surface area contributed by atoms with Crippen LogP contribution in [0.2, 0.25) is 5.15 Å². The molecule has 94 valence electrons. The molecule has 6 heteroatoms. The second-order valence-electron chi connectivity index (χ2n) is 4.17. The van der Waals surface area contributed by atoms with Crippen LogP contribution in [0.4, 0.5) is 11.8 Å². The normalized spacial score (nSPS) is 23.9. The standard InChI is InChI=1S/C11H17ClN4S/c1-2-17-8-4-3-7(5-8)14-10-6-9(12)15-11(13)16-10/h6-8H,2-5H2,1H3,(H3,13,14,15,16). The van der Waals surface area contributed by atoms with Gasteiger partial charge in [0.2, 0.25) is 5.95 Å². The van der Waals surface area contributed by atoms with E-state index in [2.05, 4.69) is 22.2 Å². The predicted octanol–water partition coefficient (Wildman–Crippen LogP) is 2.80. The Morgan fingerprint density at radius 2 is 2.35 bits per heavy atom. The Morgan fingerprint density at radius 3 is 3.06 bits per heavy atom. The van der Waals surface area contributed by atoms with E-state index >= 15 is 0 Å². The topological polar surface area (TPSA) is 63.8 Å². The fourth-order valence-corrected chi connectivity index (χ4v) is 3.51. The first-order chi connectivity index (χ1) is 8.17. The second kappa shape index (κ2) is 5.78. The molecule has 0 radical (unpaired) electrons. The minimum Gasteiger partial charge on any atom is -0.368 e. The van der Waals surface area contributed by atoms with Crippen LogP contribution >= 0.6 is 23.4 Å². The molecule has 1 heterocycles. The summed E-state index contributed by atoms with van der Waals surface area (Å²) >= 11 is 7.87. The van der Waals surface area contributed by atoms with E-state index in [0.717, 1.165) is 11.1 Å². The molecule has 2 unspecified atom stereocenters. The van der Waals surface area contributed by atoms with Crippen LogP contribution in [0.5, 0.6) is 0 Å². The average Bonchev–Trinajstić information content (AvgIpc) is 2.64. The quantitative estimate of drug-likeness (QED) is 0.825. The molecule has 1 aromatic heterocycles. The third-order valence-corrected chi connectivity index (χ3v) is 4.28. The van der Waals surface area contributed by atoms with Crippen LogP contribution in [0.15, 0.2) is 6.07 Å². The van der Waals surface area contributed by atoms with Crippen LogP contribution < -0.4 is 11.1 Å². The number of nitrogen functional groups attached to an aromatic ring is 1. The lowest BCUT2D eigenvalue weighted by Gasteiger charge is -2.13. The largest absolute Gasteiger partial charge is 0.368 e. The maximum absolute atomic E-state index is 5.84. The molecule has 0 spiro atoms. The molecule has 0 saturated heterocycles. The molecule has 1 aliphatic rings. The van der Waals surface area contributed by atoms with E-state index < -0.39 is 0 Å². The number of anilines is 2. The molecule has 4 nitrogen and oxygen atoms in total. The van der Waals surface area contributed by atoms with E-state index in [-0.39, 0.29) is 5.95 Å². The summed E-state index contributed by atoms with van der Waals surface area (Å²) in [5, 5.41) is 4.54. The predicted molar refractivity (Wildman–Crippen MR) is 74.6 cm³/mol. The summed E-state index contributed by atoms with van der Waals surface area (Å²) in [5.41, 5.74) is 5.56. The smallest absolute Gasteiger partial charge is 0.223 e. The fraction of sp³-hybridized carbons (Fsp3) is 0.636. The Morgan fingerprint density at radius 1 is 1.53 bits per heavy atom. The van der Waals surface area contributed by atoms with Crippen molar-refractivity contribution in [2.75, 3.05) is 16.8 Å². The van der Waals surface area contributed by atoms with Crippen molar-refractivity contribution in [2.45, 2.75) is 37.5 Å². The maximum Gasteiger partial charge on any atom is 0.223 e. The summed E-state index contributed by atoms with van der Waals surface area (Å²) in [6, 6.07) is 2.20. The average molecular weight is 273 g/mol. The van der Waals surface area contributed by atoms with Gasteiger partial charge >= 0.3 is 0 Å². The second-order valence-corrected chi connectivity index (χ2v) is 6.13. The molecule has 1 saturated carbocycles. The van der Waals surface area contributed by atoms with Crippen LogP contribution in [-0.4, -0.2) is 27.0 Å². The van der Waals surface area contributed by atoms with Crippen LogP contribution in [-0.2, 0) is 0 Å². The molecule has 0 bridgehead atoms. The lowest BCUT2D eigenvalue weighted by Crippen LogP contribution is -2.17. The number of nitrogens with two attached hydrogens (primary N) is 1. The van der Waals surface area contributed by atoms with Gasteiger partial charge < -0.3 is 11.1 Å². The summed E-state index contributed by atoms with van der Waals surface area (Å²) in [4.78, 5) is 7.97. The molecule has 0 amide bonds. The molecule has 0 aromatic carbocycles. The highest BCUT2D eigenvalue weighted by atomic mass is 35.5. The number of hydrogen-bond donors (Lipinski definition) is 2. The van der Waals surface area contributed by atoms with E-state index in [0.29, 0.717) is 11.2 Å². The van der Waals surface area contributed by atoms with Crippen LogP contribution in [0.3, 0.4) is 0 Å². The van der Waals surface area contributed by atoms with Gasteiger partial charge in [-0.25, -0.2) is 4.98 Å². The van der Waals surface area contributed by atoms with E-state index in [1.807, 2.05) is 11.8 Å². The van der Waals surface area contributed by atoms with Gasteiger partial charge in [0.1, 0.15) is 11.0 Å². The minimum absolute atomic E-state index is 0.220. The van der Waals surface area contributed by atoms with Gasteiger partial charge in [-0.05, 0) is 25.0 Å². The molecular weight excluding hydrogens is 256 g/mol. The fourth-order valence-electron chi connectivity index (χ4n) is 2.18. The number of hydrogen-bond acceptors (Lipinski definition) is 5. The number of halogens is 1. The molecule has 1 fully saturated rings. The van der Waals surface area contributed by atoms with Gasteiger partial charge in [-0.15, -0.1) is 0 Å².